The van der Waals surface area contributed by atoms with Crippen LogP contribution in [0.25, 0.3) is 54.9 Å². The van der Waals surface area contributed by atoms with E-state index in [0.717, 1.165) is 17.1 Å². The number of hydrogen-bond donors (Lipinski definition) is 0. The molecule has 0 bridgehead atoms. The van der Waals surface area contributed by atoms with Crippen LogP contribution in [0.1, 0.15) is 0 Å². The lowest BCUT2D eigenvalue weighted by atomic mass is 9.94. The highest BCUT2D eigenvalue weighted by Crippen LogP contribution is 2.49. The van der Waals surface area contributed by atoms with Crippen LogP contribution in [0.4, 0.5) is 17.1 Å². The summed E-state index contributed by atoms with van der Waals surface area (Å²) in [6.07, 6.45) is 0. The maximum absolute atomic E-state index is 2.38. The molecular weight excluding hydrogens is 575 g/mol. The molecule has 1 nitrogen and oxygen atoms in total. The third-order valence-electron chi connectivity index (χ3n) is 9.06. The maximum Gasteiger partial charge on any atom is 0.0540 e. The van der Waals surface area contributed by atoms with Crippen molar-refractivity contribution in [2.45, 2.75) is 9.79 Å². The van der Waals surface area contributed by atoms with Crippen LogP contribution in [0.15, 0.2) is 186 Å². The van der Waals surface area contributed by atoms with Gasteiger partial charge in [-0.2, -0.15) is 0 Å². The van der Waals surface area contributed by atoms with E-state index in [-0.39, 0.29) is 0 Å². The van der Waals surface area contributed by atoms with Gasteiger partial charge in [-0.25, -0.2) is 0 Å². The molecule has 9 rings (SSSR count). The first-order valence-electron chi connectivity index (χ1n) is 15.7. The minimum Gasteiger partial charge on any atom is -0.310 e. The lowest BCUT2D eigenvalue weighted by Crippen LogP contribution is -2.10. The van der Waals surface area contributed by atoms with Gasteiger partial charge in [0, 0.05) is 31.9 Å². The minimum atomic E-state index is 1.12. The fourth-order valence-electron chi connectivity index (χ4n) is 6.81. The van der Waals surface area contributed by atoms with Gasteiger partial charge < -0.3 is 4.90 Å². The first kappa shape index (κ1) is 26.8. The van der Waals surface area contributed by atoms with Crippen LogP contribution < -0.4 is 4.90 Å². The topological polar surface area (TPSA) is 3.24 Å². The number of fused-ring (bicyclic) bond motifs is 3. The zero-order valence-corrected chi connectivity index (χ0v) is 25.9. The molecule has 0 unspecified atom stereocenters. The van der Waals surface area contributed by atoms with E-state index in [9.17, 15) is 0 Å². The van der Waals surface area contributed by atoms with Gasteiger partial charge in [0.15, 0.2) is 0 Å². The summed E-state index contributed by atoms with van der Waals surface area (Å²) in [7, 11) is 0. The molecule has 0 saturated carbocycles. The van der Waals surface area contributed by atoms with Crippen LogP contribution in [0, 0.1) is 0 Å². The van der Waals surface area contributed by atoms with E-state index in [2.05, 4.69) is 181 Å². The van der Waals surface area contributed by atoms with E-state index in [4.69, 9.17) is 0 Å². The molecule has 0 atom stereocenters. The molecule has 0 radical (unpaired) electrons. The van der Waals surface area contributed by atoms with E-state index in [1.54, 1.807) is 0 Å². The summed E-state index contributed by atoms with van der Waals surface area (Å²) in [5, 5.41) is 5.11. The Bertz CT molecular complexity index is 2360. The molecule has 2 heteroatoms. The summed E-state index contributed by atoms with van der Waals surface area (Å²) in [5.41, 5.74) is 10.9. The van der Waals surface area contributed by atoms with Gasteiger partial charge in [0.2, 0.25) is 0 Å². The van der Waals surface area contributed by atoms with Crippen LogP contribution in [-0.4, -0.2) is 0 Å². The van der Waals surface area contributed by atoms with Crippen molar-refractivity contribution in [3.8, 4) is 33.4 Å². The van der Waals surface area contributed by atoms with Gasteiger partial charge in [0.05, 0.1) is 5.69 Å². The average Bonchev–Trinajstić information content (AvgIpc) is 3.13. The fraction of sp³-hybridized carbons (Fsp3) is 0. The van der Waals surface area contributed by atoms with Crippen molar-refractivity contribution >= 4 is 50.4 Å². The highest BCUT2D eigenvalue weighted by atomic mass is 32.2. The Labute approximate surface area is 273 Å². The third-order valence-corrected chi connectivity index (χ3v) is 10.2. The van der Waals surface area contributed by atoms with Gasteiger partial charge in [-0.05, 0) is 92.7 Å². The Morgan fingerprint density at radius 3 is 1.74 bits per heavy atom. The average molecular weight is 604 g/mol. The second-order valence-electron chi connectivity index (χ2n) is 11.8. The van der Waals surface area contributed by atoms with Crippen LogP contribution >= 0.6 is 11.8 Å². The van der Waals surface area contributed by atoms with E-state index in [1.807, 2.05) is 11.8 Å². The first-order valence-corrected chi connectivity index (χ1v) is 16.5. The highest BCUT2D eigenvalue weighted by molar-refractivity contribution is 7.99. The fourth-order valence-corrected chi connectivity index (χ4v) is 7.94. The van der Waals surface area contributed by atoms with Gasteiger partial charge in [-0.1, -0.05) is 139 Å². The van der Waals surface area contributed by atoms with Crippen LogP contribution in [0.2, 0.25) is 0 Å². The standard InChI is InChI=1S/C44H29NS/c1-2-9-30(10-3-1)31-19-24-36(25-20-31)45(41-17-7-12-33-11-4-5-15-38(33)41)37-26-21-32(22-27-37)35-23-28-42-40(29-35)39-16-6-13-34-14-8-18-43(46-42)44(34)39/h1-29H. The van der Waals surface area contributed by atoms with Crippen molar-refractivity contribution in [1.82, 2.24) is 0 Å². The second kappa shape index (κ2) is 11.1. The SMILES string of the molecule is c1ccc(-c2ccc(N(c3ccc(-c4ccc5c(c4)-c4cccc6cccc(c46)S5)cc3)c3cccc4ccccc34)cc2)cc1. The zero-order chi connectivity index (χ0) is 30.5. The summed E-state index contributed by atoms with van der Waals surface area (Å²) >= 11 is 1.87. The van der Waals surface area contributed by atoms with Crippen molar-refractivity contribution in [3.05, 3.63) is 176 Å². The molecule has 0 N–H and O–H groups in total. The molecule has 216 valence electrons. The lowest BCUT2D eigenvalue weighted by Gasteiger charge is -2.27. The molecule has 1 aliphatic heterocycles. The molecule has 8 aromatic carbocycles. The quantitative estimate of drug-likeness (QED) is 0.192. The Kier molecular flexibility index (Phi) is 6.47. The lowest BCUT2D eigenvalue weighted by molar-refractivity contribution is 1.30. The van der Waals surface area contributed by atoms with Crippen molar-refractivity contribution < 1.29 is 0 Å². The van der Waals surface area contributed by atoms with Crippen LogP contribution in [0.5, 0.6) is 0 Å². The van der Waals surface area contributed by atoms with Crippen molar-refractivity contribution in [2.24, 2.45) is 0 Å². The number of rotatable bonds is 5. The predicted octanol–water partition coefficient (Wildman–Crippen LogP) is 12.9. The summed E-state index contributed by atoms with van der Waals surface area (Å²) in [5.74, 6) is 0. The monoisotopic (exact) mass is 603 g/mol. The molecular formula is C44H29NS. The van der Waals surface area contributed by atoms with Crippen molar-refractivity contribution in [2.75, 3.05) is 4.90 Å². The molecule has 0 aromatic heterocycles. The summed E-state index contributed by atoms with van der Waals surface area (Å²) < 4.78 is 0. The normalized spacial score (nSPS) is 11.8. The molecule has 0 amide bonds. The summed E-state index contributed by atoms with van der Waals surface area (Å²) in [6.45, 7) is 0. The van der Waals surface area contributed by atoms with Crippen molar-refractivity contribution in [3.63, 3.8) is 0 Å². The van der Waals surface area contributed by atoms with Gasteiger partial charge in [0.1, 0.15) is 0 Å². The first-order chi connectivity index (χ1) is 22.8. The van der Waals surface area contributed by atoms with Crippen LogP contribution in [-0.2, 0) is 0 Å². The molecule has 0 aliphatic carbocycles. The van der Waals surface area contributed by atoms with E-state index in [0.29, 0.717) is 0 Å². The number of anilines is 3. The molecule has 1 aliphatic rings. The largest absolute Gasteiger partial charge is 0.310 e. The Morgan fingerprint density at radius 1 is 0.370 bits per heavy atom. The smallest absolute Gasteiger partial charge is 0.0540 e. The molecule has 46 heavy (non-hydrogen) atoms. The minimum absolute atomic E-state index is 1.12. The molecule has 0 spiro atoms. The van der Waals surface area contributed by atoms with Gasteiger partial charge in [-0.15, -0.1) is 0 Å². The van der Waals surface area contributed by atoms with E-state index >= 15 is 0 Å². The van der Waals surface area contributed by atoms with Crippen molar-refractivity contribution in [1.29, 1.82) is 0 Å². The maximum atomic E-state index is 2.38. The molecule has 0 fully saturated rings. The number of hydrogen-bond acceptors (Lipinski definition) is 2. The summed E-state index contributed by atoms with van der Waals surface area (Å²) in [6, 6.07) is 63.9. The van der Waals surface area contributed by atoms with Gasteiger partial charge >= 0.3 is 0 Å². The predicted molar refractivity (Wildman–Crippen MR) is 197 cm³/mol. The summed E-state index contributed by atoms with van der Waals surface area (Å²) in [4.78, 5) is 5.03. The Morgan fingerprint density at radius 2 is 0.957 bits per heavy atom. The van der Waals surface area contributed by atoms with Gasteiger partial charge in [0.25, 0.3) is 0 Å². The zero-order valence-electron chi connectivity index (χ0n) is 25.1. The van der Waals surface area contributed by atoms with Gasteiger partial charge in [-0.3, -0.25) is 0 Å². The molecule has 0 saturated heterocycles. The number of nitrogens with zero attached hydrogens (tertiary/aromatic N) is 1. The second-order valence-corrected chi connectivity index (χ2v) is 12.9. The molecule has 8 aromatic rings. The Balaban J connectivity index is 1.13. The number of benzene rings is 8. The van der Waals surface area contributed by atoms with Crippen LogP contribution in [0.3, 0.4) is 0 Å². The highest BCUT2D eigenvalue weighted by Gasteiger charge is 2.20. The Hall–Kier alpha value is -5.57. The van der Waals surface area contributed by atoms with E-state index in [1.165, 1.54) is 64.7 Å². The third kappa shape index (κ3) is 4.58. The molecule has 1 heterocycles. The van der Waals surface area contributed by atoms with E-state index < -0.39 is 0 Å².